The van der Waals surface area contributed by atoms with Crippen LogP contribution in [0.15, 0.2) is 78.9 Å². The van der Waals surface area contributed by atoms with Gasteiger partial charge in [0.05, 0.1) is 22.8 Å². The largest absolute Gasteiger partial charge is 0.345 e. The molecule has 0 radical (unpaired) electrons. The molecule has 1 amide bonds. The van der Waals surface area contributed by atoms with Gasteiger partial charge < -0.3 is 5.32 Å². The number of para-hydroxylation sites is 1. The van der Waals surface area contributed by atoms with E-state index in [9.17, 15) is 4.79 Å². The minimum atomic E-state index is -0.0890. The van der Waals surface area contributed by atoms with Crippen LogP contribution in [0.3, 0.4) is 0 Å². The summed E-state index contributed by atoms with van der Waals surface area (Å²) in [5, 5.41) is 4.07. The van der Waals surface area contributed by atoms with Crippen molar-refractivity contribution in [2.75, 3.05) is 0 Å². The van der Waals surface area contributed by atoms with E-state index in [2.05, 4.69) is 74.6 Å². The van der Waals surface area contributed by atoms with Crippen molar-refractivity contribution in [3.05, 3.63) is 101 Å². The van der Waals surface area contributed by atoms with Crippen LogP contribution in [0.1, 0.15) is 67.2 Å². The number of hydrogen-bond donors (Lipinski definition) is 1. The van der Waals surface area contributed by atoms with Crippen molar-refractivity contribution >= 4 is 16.8 Å². The predicted molar refractivity (Wildman–Crippen MR) is 142 cm³/mol. The Morgan fingerprint density at radius 2 is 1.56 bits per heavy atom. The highest BCUT2D eigenvalue weighted by atomic mass is 16.1. The molecule has 1 atom stereocenters. The summed E-state index contributed by atoms with van der Waals surface area (Å²) in [5.74, 6) is 0.534. The van der Waals surface area contributed by atoms with Gasteiger partial charge in [0.15, 0.2) is 0 Å². The van der Waals surface area contributed by atoms with E-state index >= 15 is 0 Å². The number of amides is 1. The van der Waals surface area contributed by atoms with E-state index in [4.69, 9.17) is 4.98 Å². The lowest BCUT2D eigenvalue weighted by molar-refractivity contribution is 0.0941. The van der Waals surface area contributed by atoms with Gasteiger partial charge in [-0.25, -0.2) is 4.98 Å². The molecule has 34 heavy (non-hydrogen) atoms. The summed E-state index contributed by atoms with van der Waals surface area (Å²) in [7, 11) is 0. The molecule has 0 saturated carbocycles. The van der Waals surface area contributed by atoms with Crippen molar-refractivity contribution in [3.8, 4) is 11.3 Å². The number of carbonyl (C=O) groups excluding carboxylic acids is 1. The number of nitrogens with zero attached hydrogens (tertiary/aromatic N) is 1. The fourth-order valence-electron chi connectivity index (χ4n) is 4.41. The highest BCUT2D eigenvalue weighted by Gasteiger charge is 2.17. The third-order valence-corrected chi connectivity index (χ3v) is 6.22. The fourth-order valence-corrected chi connectivity index (χ4v) is 4.41. The van der Waals surface area contributed by atoms with Crippen LogP contribution >= 0.6 is 0 Å². The van der Waals surface area contributed by atoms with E-state index in [1.165, 1.54) is 11.1 Å². The molecule has 0 aliphatic carbocycles. The summed E-state index contributed by atoms with van der Waals surface area (Å²) in [6.45, 7) is 8.67. The Hall–Kier alpha value is -3.46. The Kier molecular flexibility index (Phi) is 7.42. The van der Waals surface area contributed by atoms with Gasteiger partial charge in [0, 0.05) is 10.9 Å². The molecule has 3 heteroatoms. The highest BCUT2D eigenvalue weighted by Crippen LogP contribution is 2.26. The van der Waals surface area contributed by atoms with Crippen LogP contribution in [0.25, 0.3) is 22.2 Å². The molecule has 0 aliphatic heterocycles. The van der Waals surface area contributed by atoms with Crippen LogP contribution in [0.2, 0.25) is 0 Å². The lowest BCUT2D eigenvalue weighted by atomic mass is 9.99. The van der Waals surface area contributed by atoms with E-state index in [1.807, 2.05) is 37.3 Å². The summed E-state index contributed by atoms with van der Waals surface area (Å²) in [6.07, 6.45) is 3.26. The van der Waals surface area contributed by atoms with Crippen molar-refractivity contribution in [2.45, 2.75) is 53.0 Å². The second-order valence-electron chi connectivity index (χ2n) is 9.55. The Bertz CT molecular complexity index is 1260. The SMILES string of the molecule is CCCc1ccc([C@H](C)NC(=O)c2cc(-c3ccc(CC(C)C)cc3)nc3ccccc23)cc1. The molecular formula is C31H34N2O. The Morgan fingerprint density at radius 1 is 0.882 bits per heavy atom. The molecule has 1 N–H and O–H groups in total. The van der Waals surface area contributed by atoms with E-state index in [0.29, 0.717) is 11.5 Å². The van der Waals surface area contributed by atoms with Crippen molar-refractivity contribution in [1.29, 1.82) is 0 Å². The maximum Gasteiger partial charge on any atom is 0.252 e. The van der Waals surface area contributed by atoms with Crippen LogP contribution < -0.4 is 5.32 Å². The number of aryl methyl sites for hydroxylation is 1. The van der Waals surface area contributed by atoms with Gasteiger partial charge in [-0.2, -0.15) is 0 Å². The van der Waals surface area contributed by atoms with Crippen LogP contribution in [0, 0.1) is 5.92 Å². The number of benzene rings is 3. The van der Waals surface area contributed by atoms with Gasteiger partial charge >= 0.3 is 0 Å². The number of aromatic nitrogens is 1. The topological polar surface area (TPSA) is 42.0 Å². The third kappa shape index (κ3) is 5.53. The minimum Gasteiger partial charge on any atom is -0.345 e. The minimum absolute atomic E-state index is 0.0820. The highest BCUT2D eigenvalue weighted by molar-refractivity contribution is 6.07. The molecule has 4 aromatic rings. The Morgan fingerprint density at radius 3 is 2.24 bits per heavy atom. The molecule has 3 aromatic carbocycles. The van der Waals surface area contributed by atoms with E-state index in [0.717, 1.165) is 47.0 Å². The average molecular weight is 451 g/mol. The van der Waals surface area contributed by atoms with E-state index < -0.39 is 0 Å². The summed E-state index contributed by atoms with van der Waals surface area (Å²) >= 11 is 0. The molecule has 4 rings (SSSR count). The number of rotatable bonds is 8. The standard InChI is InChI=1S/C31H34N2O/c1-5-8-23-11-15-25(16-12-23)22(4)32-31(34)28-20-30(33-29-10-7-6-9-27(28)29)26-17-13-24(14-18-26)19-21(2)3/h6-7,9-18,20-22H,5,8,19H2,1-4H3,(H,32,34)/t22-/m0/s1. The Labute approximate surface area is 203 Å². The number of carbonyl (C=O) groups is 1. The summed E-state index contributed by atoms with van der Waals surface area (Å²) in [5.41, 5.74) is 7.07. The van der Waals surface area contributed by atoms with Crippen molar-refractivity contribution in [1.82, 2.24) is 10.3 Å². The van der Waals surface area contributed by atoms with Gasteiger partial charge in [-0.3, -0.25) is 4.79 Å². The maximum atomic E-state index is 13.4. The first-order chi connectivity index (χ1) is 16.4. The van der Waals surface area contributed by atoms with E-state index in [1.54, 1.807) is 0 Å². The molecule has 0 bridgehead atoms. The summed E-state index contributed by atoms with van der Waals surface area (Å²) < 4.78 is 0. The molecule has 1 heterocycles. The lowest BCUT2D eigenvalue weighted by Gasteiger charge is -2.17. The number of pyridine rings is 1. The van der Waals surface area contributed by atoms with Crippen molar-refractivity contribution in [3.63, 3.8) is 0 Å². The molecule has 1 aromatic heterocycles. The normalized spacial score (nSPS) is 12.1. The van der Waals surface area contributed by atoms with Crippen LogP contribution in [-0.4, -0.2) is 10.9 Å². The molecule has 174 valence electrons. The molecule has 0 aliphatic rings. The lowest BCUT2D eigenvalue weighted by Crippen LogP contribution is -2.27. The summed E-state index contributed by atoms with van der Waals surface area (Å²) in [4.78, 5) is 18.3. The molecule has 3 nitrogen and oxygen atoms in total. The molecule has 0 saturated heterocycles. The first-order valence-corrected chi connectivity index (χ1v) is 12.3. The monoisotopic (exact) mass is 450 g/mol. The van der Waals surface area contributed by atoms with Gasteiger partial charge in [0.1, 0.15) is 0 Å². The van der Waals surface area contributed by atoms with Crippen molar-refractivity contribution < 1.29 is 4.79 Å². The molecular weight excluding hydrogens is 416 g/mol. The second kappa shape index (κ2) is 10.6. The first-order valence-electron chi connectivity index (χ1n) is 12.3. The molecule has 0 fully saturated rings. The number of hydrogen-bond acceptors (Lipinski definition) is 2. The van der Waals surface area contributed by atoms with Crippen LogP contribution in [-0.2, 0) is 12.8 Å². The van der Waals surface area contributed by atoms with Gasteiger partial charge in [0.25, 0.3) is 5.91 Å². The fraction of sp³-hybridized carbons (Fsp3) is 0.290. The number of nitrogens with one attached hydrogen (secondary N) is 1. The Balaban J connectivity index is 1.62. The van der Waals surface area contributed by atoms with E-state index in [-0.39, 0.29) is 11.9 Å². The predicted octanol–water partition coefficient (Wildman–Crippen LogP) is 7.54. The van der Waals surface area contributed by atoms with Gasteiger partial charge in [-0.1, -0.05) is 93.9 Å². The first kappa shape index (κ1) is 23.7. The smallest absolute Gasteiger partial charge is 0.252 e. The van der Waals surface area contributed by atoms with Crippen LogP contribution in [0.4, 0.5) is 0 Å². The van der Waals surface area contributed by atoms with Gasteiger partial charge in [-0.05, 0) is 54.5 Å². The summed E-state index contributed by atoms with van der Waals surface area (Å²) in [6, 6.07) is 26.8. The zero-order valence-electron chi connectivity index (χ0n) is 20.6. The van der Waals surface area contributed by atoms with Crippen molar-refractivity contribution in [2.24, 2.45) is 5.92 Å². The third-order valence-electron chi connectivity index (χ3n) is 6.22. The quantitative estimate of drug-likeness (QED) is 0.301. The molecule has 0 unspecified atom stereocenters. The second-order valence-corrected chi connectivity index (χ2v) is 9.55. The maximum absolute atomic E-state index is 13.4. The molecule has 0 spiro atoms. The average Bonchev–Trinajstić information content (AvgIpc) is 2.84. The van der Waals surface area contributed by atoms with Gasteiger partial charge in [-0.15, -0.1) is 0 Å². The number of fused-ring (bicyclic) bond motifs is 1. The van der Waals surface area contributed by atoms with Crippen LogP contribution in [0.5, 0.6) is 0 Å². The van der Waals surface area contributed by atoms with Gasteiger partial charge in [0.2, 0.25) is 0 Å². The zero-order valence-corrected chi connectivity index (χ0v) is 20.6. The zero-order chi connectivity index (χ0) is 24.1.